The minimum atomic E-state index is -0.158. The molecule has 2 aromatic heterocycles. The van der Waals surface area contributed by atoms with Gasteiger partial charge in [0.05, 0.1) is 11.8 Å². The van der Waals surface area contributed by atoms with Crippen LogP contribution in [0.4, 0.5) is 0 Å². The lowest BCUT2D eigenvalue weighted by molar-refractivity contribution is 0.0937. The van der Waals surface area contributed by atoms with E-state index in [1.807, 2.05) is 12.2 Å². The van der Waals surface area contributed by atoms with Crippen molar-refractivity contribution < 1.29 is 14.3 Å². The van der Waals surface area contributed by atoms with Crippen molar-refractivity contribution >= 4 is 17.0 Å². The van der Waals surface area contributed by atoms with Crippen molar-refractivity contribution in [3.05, 3.63) is 36.2 Å². The third-order valence-electron chi connectivity index (χ3n) is 3.21. The maximum absolute atomic E-state index is 12.0. The number of furan rings is 1. The van der Waals surface area contributed by atoms with Gasteiger partial charge in [-0.15, -0.1) is 0 Å². The molecule has 0 bridgehead atoms. The van der Waals surface area contributed by atoms with E-state index < -0.39 is 0 Å². The van der Waals surface area contributed by atoms with Crippen LogP contribution in [0.3, 0.4) is 0 Å². The van der Waals surface area contributed by atoms with Gasteiger partial charge in [0, 0.05) is 30.7 Å². The van der Waals surface area contributed by atoms with Crippen molar-refractivity contribution in [1.29, 1.82) is 0 Å². The van der Waals surface area contributed by atoms with Gasteiger partial charge < -0.3 is 19.8 Å². The van der Waals surface area contributed by atoms with E-state index in [9.17, 15) is 4.79 Å². The lowest BCUT2D eigenvalue weighted by Crippen LogP contribution is -2.33. The Hall–Kier alpha value is -2.01. The monoisotopic (exact) mass is 246 g/mol. The Balaban J connectivity index is 1.68. The second kappa shape index (κ2) is 4.34. The Bertz CT molecular complexity index is 568. The highest BCUT2D eigenvalue weighted by Crippen LogP contribution is 2.19. The number of aromatic amines is 1. The van der Waals surface area contributed by atoms with Gasteiger partial charge >= 0.3 is 0 Å². The summed E-state index contributed by atoms with van der Waals surface area (Å²) < 4.78 is 5.19. The summed E-state index contributed by atoms with van der Waals surface area (Å²) in [4.78, 5) is 15.0. The molecule has 0 unspecified atom stereocenters. The maximum atomic E-state index is 12.0. The van der Waals surface area contributed by atoms with Gasteiger partial charge in [-0.1, -0.05) is 12.2 Å². The number of aromatic nitrogens is 1. The molecule has 0 saturated carbocycles. The number of rotatable bonds is 3. The van der Waals surface area contributed by atoms with Crippen molar-refractivity contribution in [3.63, 3.8) is 0 Å². The van der Waals surface area contributed by atoms with Crippen LogP contribution in [0.25, 0.3) is 11.1 Å². The predicted octanol–water partition coefficient (Wildman–Crippen LogP) is 1.43. The molecule has 2 atom stereocenters. The smallest absolute Gasteiger partial charge is 0.268 e. The maximum Gasteiger partial charge on any atom is 0.268 e. The fraction of sp³-hybridized carbons (Fsp3) is 0.308. The van der Waals surface area contributed by atoms with Gasteiger partial charge in [-0.05, 0) is 6.42 Å². The number of nitrogens with one attached hydrogen (secondary N) is 2. The highest BCUT2D eigenvalue weighted by atomic mass is 16.3. The average Bonchev–Trinajstić information content (AvgIpc) is 3.02. The molecule has 2 heterocycles. The molecular formula is C13H14N2O3. The fourth-order valence-electron chi connectivity index (χ4n) is 2.23. The van der Waals surface area contributed by atoms with Crippen molar-refractivity contribution in [2.75, 3.05) is 6.61 Å². The van der Waals surface area contributed by atoms with Crippen molar-refractivity contribution in [1.82, 2.24) is 10.3 Å². The van der Waals surface area contributed by atoms with Gasteiger partial charge in [0.15, 0.2) is 5.58 Å². The first kappa shape index (κ1) is 11.1. The minimum absolute atomic E-state index is 0.00995. The van der Waals surface area contributed by atoms with E-state index in [1.54, 1.807) is 18.4 Å². The quantitative estimate of drug-likeness (QED) is 0.717. The zero-order chi connectivity index (χ0) is 12.5. The number of H-pyrrole nitrogens is 1. The molecule has 0 saturated heterocycles. The van der Waals surface area contributed by atoms with Crippen LogP contribution >= 0.6 is 0 Å². The van der Waals surface area contributed by atoms with Crippen LogP contribution in [-0.4, -0.2) is 28.6 Å². The highest BCUT2D eigenvalue weighted by Gasteiger charge is 2.21. The Kier molecular flexibility index (Phi) is 2.68. The van der Waals surface area contributed by atoms with Crippen LogP contribution in [0.15, 0.2) is 35.0 Å². The third-order valence-corrected chi connectivity index (χ3v) is 3.21. The van der Waals surface area contributed by atoms with Gasteiger partial charge in [0.2, 0.25) is 0 Å². The second-order valence-electron chi connectivity index (χ2n) is 4.52. The lowest BCUT2D eigenvalue weighted by atomic mass is 10.1. The van der Waals surface area contributed by atoms with Gasteiger partial charge in [-0.25, -0.2) is 0 Å². The summed E-state index contributed by atoms with van der Waals surface area (Å²) in [6, 6.07) is 3.46. The molecule has 0 radical (unpaired) electrons. The van der Waals surface area contributed by atoms with E-state index in [2.05, 4.69) is 10.3 Å². The van der Waals surface area contributed by atoms with Crippen LogP contribution in [0.5, 0.6) is 0 Å². The summed E-state index contributed by atoms with van der Waals surface area (Å²) in [5, 5.41) is 11.9. The van der Waals surface area contributed by atoms with Gasteiger partial charge in [0.25, 0.3) is 5.91 Å². The molecule has 3 N–H and O–H groups in total. The number of fused-ring (bicyclic) bond motifs is 1. The molecule has 94 valence electrons. The first-order chi connectivity index (χ1) is 8.76. The molecule has 0 aliphatic heterocycles. The van der Waals surface area contributed by atoms with Crippen LogP contribution in [0, 0.1) is 5.92 Å². The molecule has 0 spiro atoms. The van der Waals surface area contributed by atoms with Crippen LogP contribution < -0.4 is 5.32 Å². The van der Waals surface area contributed by atoms with E-state index in [1.165, 1.54) is 0 Å². The van der Waals surface area contributed by atoms with Gasteiger partial charge in [-0.3, -0.25) is 4.79 Å². The van der Waals surface area contributed by atoms with E-state index in [0.717, 1.165) is 11.9 Å². The first-order valence-corrected chi connectivity index (χ1v) is 5.92. The Morgan fingerprint density at radius 3 is 3.17 bits per heavy atom. The zero-order valence-electron chi connectivity index (χ0n) is 9.72. The zero-order valence-corrected chi connectivity index (χ0v) is 9.72. The SMILES string of the molecule is O=C(N[C@@H]1C=C[C@H](CO)C1)c1cc2occc2[nH]1. The topological polar surface area (TPSA) is 78.3 Å². The largest absolute Gasteiger partial charge is 0.463 e. The number of carbonyl (C=O) groups excluding carboxylic acids is 1. The molecule has 5 nitrogen and oxygen atoms in total. The molecule has 1 aliphatic carbocycles. The summed E-state index contributed by atoms with van der Waals surface area (Å²) in [6.07, 6.45) is 6.19. The van der Waals surface area contributed by atoms with E-state index >= 15 is 0 Å². The Morgan fingerprint density at radius 1 is 1.56 bits per heavy atom. The summed E-state index contributed by atoms with van der Waals surface area (Å²) >= 11 is 0. The summed E-state index contributed by atoms with van der Waals surface area (Å²) in [5.41, 5.74) is 1.98. The molecule has 2 aromatic rings. The van der Waals surface area contributed by atoms with Crippen molar-refractivity contribution in [3.8, 4) is 0 Å². The summed E-state index contributed by atoms with van der Waals surface area (Å²) in [6.45, 7) is 0.123. The van der Waals surface area contributed by atoms with Crippen molar-refractivity contribution in [2.24, 2.45) is 5.92 Å². The normalized spacial score (nSPS) is 22.7. The van der Waals surface area contributed by atoms with E-state index in [4.69, 9.17) is 9.52 Å². The number of carbonyl (C=O) groups is 1. The number of aliphatic hydroxyl groups excluding tert-OH is 1. The number of hydrogen-bond acceptors (Lipinski definition) is 3. The molecule has 1 amide bonds. The first-order valence-electron chi connectivity index (χ1n) is 5.92. The molecule has 18 heavy (non-hydrogen) atoms. The minimum Gasteiger partial charge on any atom is -0.463 e. The summed E-state index contributed by atoms with van der Waals surface area (Å²) in [5.74, 6) is -0.00939. The average molecular weight is 246 g/mol. The number of amides is 1. The molecule has 3 rings (SSSR count). The van der Waals surface area contributed by atoms with Gasteiger partial charge in [0.1, 0.15) is 5.69 Å². The lowest BCUT2D eigenvalue weighted by Gasteiger charge is -2.11. The Morgan fingerprint density at radius 2 is 2.44 bits per heavy atom. The van der Waals surface area contributed by atoms with Gasteiger partial charge in [-0.2, -0.15) is 0 Å². The molecular weight excluding hydrogens is 232 g/mol. The van der Waals surface area contributed by atoms with E-state index in [0.29, 0.717) is 11.3 Å². The molecule has 0 fully saturated rings. The number of hydrogen-bond donors (Lipinski definition) is 3. The van der Waals surface area contributed by atoms with Crippen LogP contribution in [0.2, 0.25) is 0 Å². The van der Waals surface area contributed by atoms with Crippen LogP contribution in [0.1, 0.15) is 16.9 Å². The molecule has 1 aliphatic rings. The standard InChI is InChI=1S/C13H14N2O3/c16-7-8-1-2-9(5-8)14-13(17)11-6-12-10(15-11)3-4-18-12/h1-4,6,8-9,15-16H,5,7H2,(H,14,17)/t8-,9+/m0/s1. The molecule has 5 heteroatoms. The molecule has 0 aromatic carbocycles. The highest BCUT2D eigenvalue weighted by molar-refractivity contribution is 5.97. The Labute approximate surface area is 103 Å². The van der Waals surface area contributed by atoms with Crippen LogP contribution in [-0.2, 0) is 0 Å². The summed E-state index contributed by atoms with van der Waals surface area (Å²) in [7, 11) is 0. The van der Waals surface area contributed by atoms with E-state index in [-0.39, 0.29) is 24.5 Å². The second-order valence-corrected chi connectivity index (χ2v) is 4.52. The van der Waals surface area contributed by atoms with Crippen molar-refractivity contribution in [2.45, 2.75) is 12.5 Å². The third kappa shape index (κ3) is 1.93. The predicted molar refractivity (Wildman–Crippen MR) is 66.2 cm³/mol. The fourth-order valence-corrected chi connectivity index (χ4v) is 2.23. The number of aliphatic hydroxyl groups is 1.